The second kappa shape index (κ2) is 4.27. The first kappa shape index (κ1) is 10.4. The van der Waals surface area contributed by atoms with Crippen LogP contribution in [0.25, 0.3) is 0 Å². The van der Waals surface area contributed by atoms with Crippen molar-refractivity contribution in [3.8, 4) is 5.75 Å². The number of rotatable bonds is 2. The molecule has 2 fully saturated rings. The van der Waals surface area contributed by atoms with E-state index in [1.165, 1.54) is 18.9 Å². The number of fused-ring (bicyclic) bond motifs is 2. The summed E-state index contributed by atoms with van der Waals surface area (Å²) in [6.45, 7) is 0. The molecule has 2 aliphatic heterocycles. The minimum atomic E-state index is 0.321. The Bertz CT molecular complexity index is 370. The van der Waals surface area contributed by atoms with Crippen molar-refractivity contribution in [2.45, 2.75) is 37.8 Å². The molecule has 2 unspecified atom stereocenters. The van der Waals surface area contributed by atoms with Crippen molar-refractivity contribution in [3.05, 3.63) is 35.3 Å². The highest BCUT2D eigenvalue weighted by atomic mass is 35.5. The van der Waals surface area contributed by atoms with Crippen LogP contribution >= 0.6 is 11.6 Å². The van der Waals surface area contributed by atoms with Crippen LogP contribution in [0.1, 0.15) is 25.7 Å². The third kappa shape index (κ3) is 2.18. The maximum absolute atomic E-state index is 5.97. The van der Waals surface area contributed by atoms with Crippen LogP contribution in [0, 0.1) is 6.04 Å². The van der Waals surface area contributed by atoms with Crippen molar-refractivity contribution >= 4 is 11.6 Å². The summed E-state index contributed by atoms with van der Waals surface area (Å²) in [7, 11) is 0. The number of nitrogens with one attached hydrogen (secondary N) is 1. The molecule has 1 radical (unpaired) electrons. The van der Waals surface area contributed by atoms with E-state index in [1.807, 2.05) is 24.3 Å². The zero-order valence-electron chi connectivity index (χ0n) is 9.08. The fourth-order valence-electron chi connectivity index (χ4n) is 2.62. The Labute approximate surface area is 101 Å². The fourth-order valence-corrected chi connectivity index (χ4v) is 2.80. The average Bonchev–Trinajstić information content (AvgIpc) is 2.58. The molecule has 1 aromatic carbocycles. The summed E-state index contributed by atoms with van der Waals surface area (Å²) in [5.41, 5.74) is 0. The van der Waals surface area contributed by atoms with Gasteiger partial charge in [-0.1, -0.05) is 17.7 Å². The van der Waals surface area contributed by atoms with E-state index in [4.69, 9.17) is 16.3 Å². The van der Waals surface area contributed by atoms with Gasteiger partial charge in [0.25, 0.3) is 0 Å². The Balaban J connectivity index is 1.67. The van der Waals surface area contributed by atoms with Crippen molar-refractivity contribution in [1.29, 1.82) is 0 Å². The van der Waals surface area contributed by atoms with Crippen molar-refractivity contribution in [2.24, 2.45) is 0 Å². The number of ether oxygens (including phenoxy) is 1. The summed E-state index contributed by atoms with van der Waals surface area (Å²) < 4.78 is 5.97. The molecule has 0 spiro atoms. The van der Waals surface area contributed by atoms with Gasteiger partial charge in [0.1, 0.15) is 11.9 Å². The number of halogens is 1. The molecule has 16 heavy (non-hydrogen) atoms. The van der Waals surface area contributed by atoms with Gasteiger partial charge in [0.05, 0.1) is 0 Å². The smallest absolute Gasteiger partial charge is 0.121 e. The molecule has 3 heteroatoms. The Morgan fingerprint density at radius 2 is 2.31 bits per heavy atom. The summed E-state index contributed by atoms with van der Waals surface area (Å²) in [5.74, 6) is 0.888. The van der Waals surface area contributed by atoms with Crippen LogP contribution < -0.4 is 10.1 Å². The topological polar surface area (TPSA) is 21.3 Å². The van der Waals surface area contributed by atoms with Crippen LogP contribution in [0.15, 0.2) is 24.3 Å². The minimum absolute atomic E-state index is 0.321. The number of hydrogen-bond donors (Lipinski definition) is 1. The molecule has 85 valence electrons. The zero-order valence-corrected chi connectivity index (χ0v) is 9.83. The van der Waals surface area contributed by atoms with Crippen LogP contribution in [0.5, 0.6) is 5.75 Å². The van der Waals surface area contributed by atoms with Gasteiger partial charge in [-0.15, -0.1) is 0 Å². The summed E-state index contributed by atoms with van der Waals surface area (Å²) in [4.78, 5) is 0. The molecule has 2 nitrogen and oxygen atoms in total. The van der Waals surface area contributed by atoms with Crippen LogP contribution in [0.3, 0.4) is 0 Å². The maximum atomic E-state index is 5.97. The second-order valence-corrected chi connectivity index (χ2v) is 5.06. The predicted molar refractivity (Wildman–Crippen MR) is 64.5 cm³/mol. The Morgan fingerprint density at radius 1 is 1.38 bits per heavy atom. The molecular formula is C13H15ClNO. The molecule has 2 heterocycles. The molecule has 2 saturated heterocycles. The van der Waals surface area contributed by atoms with Crippen molar-refractivity contribution in [2.75, 3.05) is 0 Å². The molecule has 0 aliphatic carbocycles. The lowest BCUT2D eigenvalue weighted by Gasteiger charge is -2.29. The van der Waals surface area contributed by atoms with E-state index in [-0.39, 0.29) is 0 Å². The molecule has 2 bridgehead atoms. The first-order chi connectivity index (χ1) is 7.79. The summed E-state index contributed by atoms with van der Waals surface area (Å²) >= 11 is 5.93. The van der Waals surface area contributed by atoms with Gasteiger partial charge in [0.2, 0.25) is 0 Å². The predicted octanol–water partition coefficient (Wildman–Crippen LogP) is 3.17. The standard InChI is InChI=1S/C13H15ClNO/c14-9-2-1-3-12(6-9)16-13-7-10-4-5-11(8-13)15-10/h1-3,6,10,13,15H,4-5,7-8H2. The lowest BCUT2D eigenvalue weighted by atomic mass is 10.0. The Kier molecular flexibility index (Phi) is 2.78. The molecule has 1 aromatic rings. The van der Waals surface area contributed by atoms with Crippen LogP contribution in [0.4, 0.5) is 0 Å². The Morgan fingerprint density at radius 3 is 3.12 bits per heavy atom. The molecule has 2 atom stereocenters. The average molecular weight is 237 g/mol. The summed E-state index contributed by atoms with van der Waals surface area (Å²) in [5, 5.41) is 4.27. The van der Waals surface area contributed by atoms with E-state index in [0.717, 1.165) is 23.6 Å². The third-order valence-electron chi connectivity index (χ3n) is 3.32. The van der Waals surface area contributed by atoms with Gasteiger partial charge in [0.15, 0.2) is 0 Å². The van der Waals surface area contributed by atoms with Crippen molar-refractivity contribution in [1.82, 2.24) is 5.32 Å². The number of benzene rings is 1. The molecule has 0 saturated carbocycles. The van der Waals surface area contributed by atoms with Gasteiger partial charge >= 0.3 is 0 Å². The highest BCUT2D eigenvalue weighted by Gasteiger charge is 2.34. The van der Waals surface area contributed by atoms with Gasteiger partial charge in [-0.25, -0.2) is 0 Å². The molecule has 1 N–H and O–H groups in total. The van der Waals surface area contributed by atoms with E-state index in [2.05, 4.69) is 5.32 Å². The third-order valence-corrected chi connectivity index (χ3v) is 3.56. The van der Waals surface area contributed by atoms with Gasteiger partial charge in [0, 0.05) is 23.5 Å². The summed E-state index contributed by atoms with van der Waals surface area (Å²) in [6, 6.07) is 9.75. The van der Waals surface area contributed by atoms with Crippen LogP contribution in [-0.4, -0.2) is 12.1 Å². The molecular weight excluding hydrogens is 222 g/mol. The quantitative estimate of drug-likeness (QED) is 0.852. The minimum Gasteiger partial charge on any atom is -0.490 e. The van der Waals surface area contributed by atoms with E-state index in [1.54, 1.807) is 0 Å². The van der Waals surface area contributed by atoms with Gasteiger partial charge < -0.3 is 10.1 Å². The zero-order chi connectivity index (χ0) is 11.0. The lowest BCUT2D eigenvalue weighted by molar-refractivity contribution is 0.155. The second-order valence-electron chi connectivity index (χ2n) is 4.62. The van der Waals surface area contributed by atoms with Gasteiger partial charge in [-0.05, 0) is 37.5 Å². The van der Waals surface area contributed by atoms with E-state index < -0.39 is 0 Å². The number of piperidine rings is 1. The van der Waals surface area contributed by atoms with Crippen molar-refractivity contribution < 1.29 is 4.74 Å². The summed E-state index contributed by atoms with van der Waals surface area (Å²) in [6.07, 6.45) is 4.96. The lowest BCUT2D eigenvalue weighted by Crippen LogP contribution is -2.38. The van der Waals surface area contributed by atoms with E-state index >= 15 is 0 Å². The maximum Gasteiger partial charge on any atom is 0.121 e. The molecule has 2 aliphatic rings. The SMILES string of the molecule is Clc1cccc(OC2C[C]3CCC(C2)N3)c1. The first-order valence-corrected chi connectivity index (χ1v) is 6.21. The van der Waals surface area contributed by atoms with Crippen LogP contribution in [0.2, 0.25) is 5.02 Å². The van der Waals surface area contributed by atoms with Gasteiger partial charge in [-0.3, -0.25) is 0 Å². The highest BCUT2D eigenvalue weighted by Crippen LogP contribution is 2.34. The monoisotopic (exact) mass is 236 g/mol. The fraction of sp³-hybridized carbons (Fsp3) is 0.462. The molecule has 0 amide bonds. The number of hydrogen-bond acceptors (Lipinski definition) is 2. The van der Waals surface area contributed by atoms with Crippen LogP contribution in [-0.2, 0) is 0 Å². The molecule has 0 aromatic heterocycles. The Hall–Kier alpha value is -0.730. The molecule has 3 rings (SSSR count). The highest BCUT2D eigenvalue weighted by molar-refractivity contribution is 6.30. The van der Waals surface area contributed by atoms with Crippen molar-refractivity contribution in [3.63, 3.8) is 0 Å². The normalized spacial score (nSPS) is 29.3. The van der Waals surface area contributed by atoms with E-state index in [0.29, 0.717) is 12.1 Å². The first-order valence-electron chi connectivity index (χ1n) is 5.83. The largest absolute Gasteiger partial charge is 0.490 e. The van der Waals surface area contributed by atoms with E-state index in [9.17, 15) is 0 Å². The van der Waals surface area contributed by atoms with Gasteiger partial charge in [-0.2, -0.15) is 0 Å².